The first-order chi connectivity index (χ1) is 5.62. The topological polar surface area (TPSA) is 12.4 Å². The fourth-order valence-corrected chi connectivity index (χ4v) is 0.830. The lowest BCUT2D eigenvalue weighted by atomic mass is 10.4. The molecule has 0 fully saturated rings. The number of nitrogens with zero attached hydrogens (tertiary/aromatic N) is 2. The van der Waals surface area contributed by atoms with Gasteiger partial charge in [0, 0.05) is 0 Å². The molecule has 0 aromatic heterocycles. The van der Waals surface area contributed by atoms with E-state index in [2.05, 4.69) is 48.3 Å². The van der Waals surface area contributed by atoms with Crippen LogP contribution in [0.2, 0.25) is 0 Å². The molecular weight excluding hydrogens is 168 g/mol. The van der Waals surface area contributed by atoms with Gasteiger partial charge in [0.2, 0.25) is 0 Å². The van der Waals surface area contributed by atoms with Crippen molar-refractivity contribution in [2.24, 2.45) is 4.99 Å². The zero-order chi connectivity index (χ0) is 9.45. The van der Waals surface area contributed by atoms with Crippen LogP contribution in [0, 0.1) is 11.8 Å². The molecule has 0 radical (unpaired) electrons. The van der Waals surface area contributed by atoms with E-state index in [4.69, 9.17) is 0 Å². The third-order valence-electron chi connectivity index (χ3n) is 1.57. The number of aliphatic imine (C=N–C) groups is 1. The molecule has 0 atom stereocenters. The zero-order valence-electron chi connectivity index (χ0n) is 7.92. The van der Waals surface area contributed by atoms with E-state index in [1.54, 1.807) is 0 Å². The predicted octanol–water partition coefficient (Wildman–Crippen LogP) is 1.19. The number of quaternary nitrogens is 1. The molecule has 0 amide bonds. The van der Waals surface area contributed by atoms with Crippen LogP contribution in [0.5, 0.6) is 0 Å². The second kappa shape index (κ2) is 5.91. The lowest BCUT2D eigenvalue weighted by Gasteiger charge is -2.26. The first-order valence-electron chi connectivity index (χ1n) is 3.87. The van der Waals surface area contributed by atoms with Crippen molar-refractivity contribution in [1.82, 2.24) is 0 Å². The van der Waals surface area contributed by atoms with Crippen molar-refractivity contribution in [2.75, 3.05) is 33.7 Å². The first kappa shape index (κ1) is 11.3. The molecule has 2 nitrogen and oxygen atoms in total. The van der Waals surface area contributed by atoms with Gasteiger partial charge in [-0.15, -0.1) is 5.92 Å². The maximum Gasteiger partial charge on any atom is 0.140 e. The Hall–Kier alpha value is -0.680. The van der Waals surface area contributed by atoms with Gasteiger partial charge in [0.05, 0.1) is 32.3 Å². The highest BCUT2D eigenvalue weighted by Crippen LogP contribution is 1.94. The number of thiocarbonyl (C=S) groups is 1. The van der Waals surface area contributed by atoms with E-state index in [0.29, 0.717) is 0 Å². The molecule has 3 heteroatoms. The van der Waals surface area contributed by atoms with E-state index < -0.39 is 0 Å². The van der Waals surface area contributed by atoms with E-state index in [0.717, 1.165) is 24.1 Å². The molecular formula is C9H15N2S+. The number of isothiocyanates is 1. The van der Waals surface area contributed by atoms with Crippen LogP contribution in [0.25, 0.3) is 0 Å². The maximum absolute atomic E-state index is 4.48. The van der Waals surface area contributed by atoms with Crippen molar-refractivity contribution in [3.05, 3.63) is 0 Å². The number of hydrogen-bond acceptors (Lipinski definition) is 2. The van der Waals surface area contributed by atoms with Crippen molar-refractivity contribution in [3.63, 3.8) is 0 Å². The molecule has 0 aliphatic rings. The largest absolute Gasteiger partial charge is 0.317 e. The fourth-order valence-electron chi connectivity index (χ4n) is 0.738. The second-order valence-electron chi connectivity index (χ2n) is 3.22. The number of likely N-dealkylation sites (N-methyl/N-ethyl adjacent to an activating group) is 1. The minimum absolute atomic E-state index is 0.738. The Morgan fingerprint density at radius 1 is 1.42 bits per heavy atom. The zero-order valence-corrected chi connectivity index (χ0v) is 8.74. The van der Waals surface area contributed by atoms with Crippen molar-refractivity contribution < 1.29 is 4.48 Å². The Kier molecular flexibility index (Phi) is 5.57. The monoisotopic (exact) mass is 183 g/mol. The van der Waals surface area contributed by atoms with Crippen molar-refractivity contribution in [1.29, 1.82) is 0 Å². The van der Waals surface area contributed by atoms with Crippen molar-refractivity contribution >= 4 is 17.4 Å². The first-order valence-corrected chi connectivity index (χ1v) is 4.28. The molecule has 66 valence electrons. The van der Waals surface area contributed by atoms with Gasteiger partial charge in [-0.25, -0.2) is 4.99 Å². The molecule has 0 heterocycles. The van der Waals surface area contributed by atoms with Crippen LogP contribution in [-0.4, -0.2) is 43.4 Å². The molecule has 0 aliphatic heterocycles. The van der Waals surface area contributed by atoms with Gasteiger partial charge in [-0.2, -0.15) is 0 Å². The summed E-state index contributed by atoms with van der Waals surface area (Å²) in [6.07, 6.45) is 0. The fraction of sp³-hybridized carbons (Fsp3) is 0.667. The van der Waals surface area contributed by atoms with Gasteiger partial charge < -0.3 is 4.48 Å². The molecule has 0 saturated heterocycles. The van der Waals surface area contributed by atoms with E-state index in [-0.39, 0.29) is 0 Å². The summed E-state index contributed by atoms with van der Waals surface area (Å²) in [4.78, 5) is 3.87. The average molecular weight is 183 g/mol. The van der Waals surface area contributed by atoms with Crippen LogP contribution in [-0.2, 0) is 0 Å². The van der Waals surface area contributed by atoms with Gasteiger partial charge in [-0.3, -0.25) is 0 Å². The minimum atomic E-state index is 0.738. The second-order valence-corrected chi connectivity index (χ2v) is 3.40. The van der Waals surface area contributed by atoms with Crippen LogP contribution in [0.4, 0.5) is 0 Å². The smallest absolute Gasteiger partial charge is 0.140 e. The SMILES string of the molecule is CC#CC[N+](C)(C)CCN=C=S. The third kappa shape index (κ3) is 6.06. The number of rotatable bonds is 4. The molecule has 0 aromatic carbocycles. The molecule has 0 aromatic rings. The quantitative estimate of drug-likeness (QED) is 0.276. The van der Waals surface area contributed by atoms with E-state index in [9.17, 15) is 0 Å². The normalized spacial score (nSPS) is 9.58. The lowest BCUT2D eigenvalue weighted by Crippen LogP contribution is -2.41. The lowest BCUT2D eigenvalue weighted by molar-refractivity contribution is -0.881. The molecule has 0 bridgehead atoms. The standard InChI is InChI=1S/C9H15N2S/c1-4-5-7-11(2,3)8-6-10-9-12/h6-8H2,1-3H3/q+1. The van der Waals surface area contributed by atoms with Crippen molar-refractivity contribution in [2.45, 2.75) is 6.92 Å². The van der Waals surface area contributed by atoms with E-state index in [1.807, 2.05) is 6.92 Å². The Balaban J connectivity index is 3.83. The minimum Gasteiger partial charge on any atom is -0.317 e. The summed E-state index contributed by atoms with van der Waals surface area (Å²) < 4.78 is 0.862. The summed E-state index contributed by atoms with van der Waals surface area (Å²) in [5, 5.41) is 2.36. The maximum atomic E-state index is 4.48. The Morgan fingerprint density at radius 2 is 2.08 bits per heavy atom. The summed E-state index contributed by atoms with van der Waals surface area (Å²) in [6, 6.07) is 0. The van der Waals surface area contributed by atoms with Gasteiger partial charge in [-0.05, 0) is 25.1 Å². The van der Waals surface area contributed by atoms with Crippen LogP contribution >= 0.6 is 12.2 Å². The third-order valence-corrected chi connectivity index (χ3v) is 1.69. The molecule has 0 aliphatic carbocycles. The highest BCUT2D eigenvalue weighted by atomic mass is 32.1. The predicted molar refractivity (Wildman–Crippen MR) is 55.2 cm³/mol. The van der Waals surface area contributed by atoms with Crippen LogP contribution in [0.1, 0.15) is 6.92 Å². The van der Waals surface area contributed by atoms with Crippen LogP contribution in [0.3, 0.4) is 0 Å². The Morgan fingerprint density at radius 3 is 2.58 bits per heavy atom. The van der Waals surface area contributed by atoms with Crippen LogP contribution in [0.15, 0.2) is 4.99 Å². The van der Waals surface area contributed by atoms with Gasteiger partial charge in [0.25, 0.3) is 0 Å². The average Bonchev–Trinajstić information content (AvgIpc) is 2.01. The molecule has 0 saturated carbocycles. The van der Waals surface area contributed by atoms with E-state index >= 15 is 0 Å². The highest BCUT2D eigenvalue weighted by Gasteiger charge is 2.11. The Bertz CT molecular complexity index is 229. The molecule has 0 N–H and O–H groups in total. The van der Waals surface area contributed by atoms with Crippen molar-refractivity contribution in [3.8, 4) is 11.8 Å². The summed E-state index contributed by atoms with van der Waals surface area (Å²) in [7, 11) is 4.26. The molecule has 12 heavy (non-hydrogen) atoms. The molecule has 0 unspecified atom stereocenters. The Labute approximate surface area is 79.9 Å². The number of hydrogen-bond donors (Lipinski definition) is 0. The van der Waals surface area contributed by atoms with Gasteiger partial charge >= 0.3 is 0 Å². The summed E-state index contributed by atoms with van der Waals surface area (Å²) in [5.74, 6) is 5.93. The molecule has 0 rings (SSSR count). The van der Waals surface area contributed by atoms with Gasteiger partial charge in [0.15, 0.2) is 0 Å². The summed E-state index contributed by atoms with van der Waals surface area (Å²) in [6.45, 7) is 4.42. The van der Waals surface area contributed by atoms with Crippen LogP contribution < -0.4 is 0 Å². The van der Waals surface area contributed by atoms with Gasteiger partial charge in [0.1, 0.15) is 6.54 Å². The highest BCUT2D eigenvalue weighted by molar-refractivity contribution is 7.78. The van der Waals surface area contributed by atoms with Gasteiger partial charge in [-0.1, -0.05) is 0 Å². The summed E-state index contributed by atoms with van der Waals surface area (Å²) in [5.41, 5.74) is 0. The van der Waals surface area contributed by atoms with E-state index in [1.165, 1.54) is 0 Å². The summed E-state index contributed by atoms with van der Waals surface area (Å²) >= 11 is 4.48. The molecule has 0 spiro atoms.